The predicted octanol–water partition coefficient (Wildman–Crippen LogP) is 2.82. The molecule has 0 saturated carbocycles. The van der Waals surface area contributed by atoms with Crippen molar-refractivity contribution in [3.8, 4) is 0 Å². The highest BCUT2D eigenvalue weighted by atomic mass is 16.6. The molecule has 0 amide bonds. The first kappa shape index (κ1) is 15.7. The van der Waals surface area contributed by atoms with Gasteiger partial charge in [0.1, 0.15) is 0 Å². The molecule has 0 spiro atoms. The van der Waals surface area contributed by atoms with Crippen LogP contribution in [0.15, 0.2) is 30.3 Å². The lowest BCUT2D eigenvalue weighted by atomic mass is 9.94. The van der Waals surface area contributed by atoms with Crippen molar-refractivity contribution >= 4 is 5.97 Å². The van der Waals surface area contributed by atoms with Crippen molar-refractivity contribution in [3.05, 3.63) is 35.9 Å². The Bertz CT molecular complexity index is 388. The Morgan fingerprint density at radius 3 is 2.42 bits per heavy atom. The Hall–Kier alpha value is -1.39. The highest BCUT2D eigenvalue weighted by Crippen LogP contribution is 2.28. The second-order valence-electron chi connectivity index (χ2n) is 4.72. The molecule has 0 saturated heterocycles. The molecule has 0 heterocycles. The van der Waals surface area contributed by atoms with Crippen LogP contribution in [0.1, 0.15) is 32.8 Å². The van der Waals surface area contributed by atoms with E-state index < -0.39 is 11.6 Å². The van der Waals surface area contributed by atoms with Gasteiger partial charge in [-0.25, -0.2) is 4.79 Å². The van der Waals surface area contributed by atoms with Gasteiger partial charge in [0, 0.05) is 6.61 Å². The van der Waals surface area contributed by atoms with E-state index in [4.69, 9.17) is 9.47 Å². The summed E-state index contributed by atoms with van der Waals surface area (Å²) in [6.45, 7) is 6.15. The number of hydrogen-bond acceptors (Lipinski definition) is 3. The maximum absolute atomic E-state index is 11.7. The molecule has 4 heteroatoms. The summed E-state index contributed by atoms with van der Waals surface area (Å²) in [6, 6.07) is 8.96. The largest absolute Gasteiger partial charge is 0.479 e. The standard InChI is InChI=1S/C15H22O4/c1-4-10-18-11-15(14(16)17,19-12(2)3)13-8-6-5-7-9-13/h5-9,12H,4,10-11H2,1-3H3,(H,16,17). The zero-order valence-electron chi connectivity index (χ0n) is 11.8. The summed E-state index contributed by atoms with van der Waals surface area (Å²) in [6.07, 6.45) is 0.633. The van der Waals surface area contributed by atoms with Crippen LogP contribution in [-0.4, -0.2) is 30.4 Å². The number of carboxylic acid groups (broad SMARTS) is 1. The number of rotatable bonds is 8. The van der Waals surface area contributed by atoms with Crippen LogP contribution in [0.25, 0.3) is 0 Å². The third-order valence-electron chi connectivity index (χ3n) is 2.68. The van der Waals surface area contributed by atoms with Gasteiger partial charge in [-0.1, -0.05) is 37.3 Å². The Labute approximate surface area is 114 Å². The van der Waals surface area contributed by atoms with Gasteiger partial charge in [0.2, 0.25) is 5.60 Å². The normalized spacial score (nSPS) is 14.3. The van der Waals surface area contributed by atoms with Crippen LogP contribution in [-0.2, 0) is 19.9 Å². The van der Waals surface area contributed by atoms with Gasteiger partial charge in [0.15, 0.2) is 0 Å². The molecule has 1 unspecified atom stereocenters. The van der Waals surface area contributed by atoms with Crippen LogP contribution in [0.2, 0.25) is 0 Å². The van der Waals surface area contributed by atoms with E-state index in [-0.39, 0.29) is 12.7 Å². The molecular weight excluding hydrogens is 244 g/mol. The molecule has 0 aromatic heterocycles. The fraction of sp³-hybridized carbons (Fsp3) is 0.533. The van der Waals surface area contributed by atoms with Crippen molar-refractivity contribution < 1.29 is 19.4 Å². The Morgan fingerprint density at radius 1 is 1.32 bits per heavy atom. The van der Waals surface area contributed by atoms with Crippen molar-refractivity contribution in [1.82, 2.24) is 0 Å². The number of carboxylic acids is 1. The number of ether oxygens (including phenoxy) is 2. The first-order valence-electron chi connectivity index (χ1n) is 6.57. The molecule has 1 aromatic rings. The third kappa shape index (κ3) is 4.04. The lowest BCUT2D eigenvalue weighted by Crippen LogP contribution is -2.45. The quantitative estimate of drug-likeness (QED) is 0.735. The maximum Gasteiger partial charge on any atom is 0.343 e. The fourth-order valence-electron chi connectivity index (χ4n) is 1.89. The molecule has 0 radical (unpaired) electrons. The average Bonchev–Trinajstić information content (AvgIpc) is 2.38. The highest BCUT2D eigenvalue weighted by molar-refractivity contribution is 5.79. The summed E-state index contributed by atoms with van der Waals surface area (Å²) < 4.78 is 11.2. The van der Waals surface area contributed by atoms with Gasteiger partial charge in [0.25, 0.3) is 0 Å². The third-order valence-corrected chi connectivity index (χ3v) is 2.68. The summed E-state index contributed by atoms with van der Waals surface area (Å²) >= 11 is 0. The molecule has 19 heavy (non-hydrogen) atoms. The monoisotopic (exact) mass is 266 g/mol. The van der Waals surface area contributed by atoms with Gasteiger partial charge >= 0.3 is 5.97 Å². The number of carbonyl (C=O) groups is 1. The van der Waals surface area contributed by atoms with Gasteiger partial charge in [-0.05, 0) is 25.8 Å². The zero-order valence-corrected chi connectivity index (χ0v) is 11.8. The van der Waals surface area contributed by atoms with E-state index in [1.165, 1.54) is 0 Å². The molecule has 106 valence electrons. The van der Waals surface area contributed by atoms with Gasteiger partial charge in [-0.3, -0.25) is 0 Å². The first-order valence-corrected chi connectivity index (χ1v) is 6.57. The van der Waals surface area contributed by atoms with Gasteiger partial charge < -0.3 is 14.6 Å². The van der Waals surface area contributed by atoms with Crippen LogP contribution in [0.4, 0.5) is 0 Å². The second-order valence-corrected chi connectivity index (χ2v) is 4.72. The topological polar surface area (TPSA) is 55.8 Å². The zero-order chi connectivity index (χ0) is 14.3. The van der Waals surface area contributed by atoms with E-state index >= 15 is 0 Å². The van der Waals surface area contributed by atoms with E-state index in [0.29, 0.717) is 12.2 Å². The molecule has 1 aromatic carbocycles. The van der Waals surface area contributed by atoms with E-state index in [2.05, 4.69) is 0 Å². The summed E-state index contributed by atoms with van der Waals surface area (Å²) in [5.74, 6) is -1.02. The molecule has 4 nitrogen and oxygen atoms in total. The molecule has 0 aliphatic carbocycles. The van der Waals surface area contributed by atoms with E-state index in [0.717, 1.165) is 6.42 Å². The molecular formula is C15H22O4. The fourth-order valence-corrected chi connectivity index (χ4v) is 1.89. The van der Waals surface area contributed by atoms with Crippen molar-refractivity contribution in [2.24, 2.45) is 0 Å². The van der Waals surface area contributed by atoms with Crippen molar-refractivity contribution in [2.75, 3.05) is 13.2 Å². The first-order chi connectivity index (χ1) is 9.03. The minimum atomic E-state index is -1.44. The van der Waals surface area contributed by atoms with E-state index in [1.807, 2.05) is 26.8 Å². The molecule has 1 rings (SSSR count). The minimum Gasteiger partial charge on any atom is -0.479 e. The summed E-state index contributed by atoms with van der Waals surface area (Å²) in [7, 11) is 0. The smallest absolute Gasteiger partial charge is 0.343 e. The molecule has 0 aliphatic rings. The Morgan fingerprint density at radius 2 is 1.95 bits per heavy atom. The molecule has 0 aliphatic heterocycles. The van der Waals surface area contributed by atoms with Gasteiger partial charge in [-0.2, -0.15) is 0 Å². The summed E-state index contributed by atoms with van der Waals surface area (Å²) in [5.41, 5.74) is -0.836. The van der Waals surface area contributed by atoms with Crippen LogP contribution in [0.5, 0.6) is 0 Å². The highest BCUT2D eigenvalue weighted by Gasteiger charge is 2.43. The van der Waals surface area contributed by atoms with Crippen LogP contribution in [0, 0.1) is 0 Å². The average molecular weight is 266 g/mol. The molecule has 0 fully saturated rings. The maximum atomic E-state index is 11.7. The lowest BCUT2D eigenvalue weighted by molar-refractivity contribution is -0.185. The Balaban J connectivity index is 3.08. The Kier molecular flexibility index (Phi) is 5.99. The molecule has 1 atom stereocenters. The summed E-state index contributed by atoms with van der Waals surface area (Å²) in [5, 5.41) is 9.62. The van der Waals surface area contributed by atoms with Crippen molar-refractivity contribution in [2.45, 2.75) is 38.9 Å². The number of hydrogen-bond donors (Lipinski definition) is 1. The molecule has 1 N–H and O–H groups in total. The van der Waals surface area contributed by atoms with Crippen molar-refractivity contribution in [1.29, 1.82) is 0 Å². The van der Waals surface area contributed by atoms with Crippen molar-refractivity contribution in [3.63, 3.8) is 0 Å². The molecule has 0 bridgehead atoms. The van der Waals surface area contributed by atoms with Crippen LogP contribution >= 0.6 is 0 Å². The van der Waals surface area contributed by atoms with Crippen LogP contribution in [0.3, 0.4) is 0 Å². The van der Waals surface area contributed by atoms with Crippen LogP contribution < -0.4 is 0 Å². The predicted molar refractivity (Wildman–Crippen MR) is 73.1 cm³/mol. The second kappa shape index (κ2) is 7.26. The number of aliphatic carboxylic acids is 1. The SMILES string of the molecule is CCCOCC(OC(C)C)(C(=O)O)c1ccccc1. The summed E-state index contributed by atoms with van der Waals surface area (Å²) in [4.78, 5) is 11.7. The van der Waals surface area contributed by atoms with E-state index in [1.54, 1.807) is 24.3 Å². The van der Waals surface area contributed by atoms with Gasteiger partial charge in [-0.15, -0.1) is 0 Å². The van der Waals surface area contributed by atoms with E-state index in [9.17, 15) is 9.90 Å². The minimum absolute atomic E-state index is 0.0123. The van der Waals surface area contributed by atoms with Gasteiger partial charge in [0.05, 0.1) is 12.7 Å². The lowest BCUT2D eigenvalue weighted by Gasteiger charge is -2.31. The number of benzene rings is 1.